The van der Waals surface area contributed by atoms with E-state index < -0.39 is 11.9 Å². The van der Waals surface area contributed by atoms with Crippen molar-refractivity contribution in [2.75, 3.05) is 18.5 Å². The zero-order valence-corrected chi connectivity index (χ0v) is 19.3. The summed E-state index contributed by atoms with van der Waals surface area (Å²) in [5, 5.41) is 8.49. The van der Waals surface area contributed by atoms with Crippen LogP contribution < -0.4 is 5.32 Å². The number of aryl methyl sites for hydroxylation is 2. The van der Waals surface area contributed by atoms with E-state index in [0.29, 0.717) is 5.82 Å². The first kappa shape index (κ1) is 22.8. The Bertz CT molecular complexity index is 1380. The van der Waals surface area contributed by atoms with Gasteiger partial charge in [-0.3, -0.25) is 0 Å². The predicted molar refractivity (Wildman–Crippen MR) is 126 cm³/mol. The molecule has 0 radical (unpaired) electrons. The molecule has 0 spiro atoms. The number of ether oxygens (including phenoxy) is 2. The number of anilines is 2. The van der Waals surface area contributed by atoms with Crippen LogP contribution in [-0.2, 0) is 9.47 Å². The van der Waals surface area contributed by atoms with Crippen molar-refractivity contribution in [1.82, 2.24) is 24.7 Å². The van der Waals surface area contributed by atoms with Crippen molar-refractivity contribution in [3.63, 3.8) is 0 Å². The average molecular weight is 460 g/mol. The highest BCUT2D eigenvalue weighted by molar-refractivity contribution is 5.98. The normalized spacial score (nSPS) is 10.8. The number of rotatable bonds is 7. The number of aromatic nitrogens is 5. The number of para-hydroxylation sites is 1. The Morgan fingerprint density at radius 1 is 1.00 bits per heavy atom. The van der Waals surface area contributed by atoms with E-state index in [1.165, 1.54) is 23.4 Å². The summed E-state index contributed by atoms with van der Waals surface area (Å²) in [5.74, 6) is -0.262. The summed E-state index contributed by atoms with van der Waals surface area (Å²) in [6.45, 7) is 7.78. The first-order chi connectivity index (χ1) is 16.4. The molecule has 1 aromatic carbocycles. The highest BCUT2D eigenvalue weighted by Crippen LogP contribution is 2.28. The molecule has 10 nitrogen and oxygen atoms in total. The molecule has 174 valence electrons. The third-order valence-electron chi connectivity index (χ3n) is 5.16. The van der Waals surface area contributed by atoms with E-state index >= 15 is 0 Å². The van der Waals surface area contributed by atoms with E-state index in [0.717, 1.165) is 22.0 Å². The Morgan fingerprint density at radius 3 is 2.47 bits per heavy atom. The minimum Gasteiger partial charge on any atom is -0.462 e. The van der Waals surface area contributed by atoms with E-state index in [9.17, 15) is 9.59 Å². The van der Waals surface area contributed by atoms with Crippen molar-refractivity contribution in [3.8, 4) is 5.82 Å². The van der Waals surface area contributed by atoms with Crippen LogP contribution in [-0.4, -0.2) is 49.9 Å². The summed E-state index contributed by atoms with van der Waals surface area (Å²) >= 11 is 0. The molecule has 0 saturated heterocycles. The second-order valence-corrected chi connectivity index (χ2v) is 7.44. The minimum absolute atomic E-state index is 0.116. The molecule has 0 atom stereocenters. The number of hydrogen-bond acceptors (Lipinski definition) is 9. The Kier molecular flexibility index (Phi) is 6.48. The third kappa shape index (κ3) is 4.29. The van der Waals surface area contributed by atoms with Crippen LogP contribution in [0.25, 0.3) is 16.7 Å². The topological polar surface area (TPSA) is 121 Å². The molecule has 34 heavy (non-hydrogen) atoms. The Labute approximate surface area is 196 Å². The second-order valence-electron chi connectivity index (χ2n) is 7.44. The first-order valence-corrected chi connectivity index (χ1v) is 10.8. The van der Waals surface area contributed by atoms with E-state index in [-0.39, 0.29) is 36.0 Å². The van der Waals surface area contributed by atoms with Gasteiger partial charge in [0.1, 0.15) is 23.3 Å². The van der Waals surface area contributed by atoms with Crippen molar-refractivity contribution in [2.45, 2.75) is 27.7 Å². The van der Waals surface area contributed by atoms with Crippen LogP contribution in [0.4, 0.5) is 11.6 Å². The Morgan fingerprint density at radius 2 is 1.74 bits per heavy atom. The molecule has 0 fully saturated rings. The van der Waals surface area contributed by atoms with Gasteiger partial charge in [-0.25, -0.2) is 24.5 Å². The van der Waals surface area contributed by atoms with Gasteiger partial charge in [-0.1, -0.05) is 18.2 Å². The number of carbonyl (C=O) groups is 2. The monoisotopic (exact) mass is 460 g/mol. The van der Waals surface area contributed by atoms with Crippen LogP contribution in [0.1, 0.15) is 45.7 Å². The lowest BCUT2D eigenvalue weighted by Gasteiger charge is -2.14. The van der Waals surface area contributed by atoms with Gasteiger partial charge in [-0.05, 0) is 44.9 Å². The highest BCUT2D eigenvalue weighted by Gasteiger charge is 2.24. The van der Waals surface area contributed by atoms with Gasteiger partial charge >= 0.3 is 11.9 Å². The van der Waals surface area contributed by atoms with Crippen molar-refractivity contribution < 1.29 is 19.1 Å². The molecule has 3 heterocycles. The van der Waals surface area contributed by atoms with Gasteiger partial charge in [0.15, 0.2) is 11.6 Å². The molecular weight excluding hydrogens is 436 g/mol. The van der Waals surface area contributed by atoms with Crippen molar-refractivity contribution in [1.29, 1.82) is 0 Å². The molecule has 0 bridgehead atoms. The molecule has 0 unspecified atom stereocenters. The van der Waals surface area contributed by atoms with Gasteiger partial charge in [0.2, 0.25) is 0 Å². The maximum atomic E-state index is 12.7. The number of esters is 2. The van der Waals surface area contributed by atoms with Gasteiger partial charge in [0, 0.05) is 11.6 Å². The van der Waals surface area contributed by atoms with E-state index in [2.05, 4.69) is 20.4 Å². The van der Waals surface area contributed by atoms with Crippen LogP contribution in [0.5, 0.6) is 0 Å². The lowest BCUT2D eigenvalue weighted by atomic mass is 10.1. The molecule has 3 aromatic heterocycles. The van der Waals surface area contributed by atoms with Gasteiger partial charge in [-0.15, -0.1) is 0 Å². The number of hydrogen-bond donors (Lipinski definition) is 1. The largest absolute Gasteiger partial charge is 0.462 e. The third-order valence-corrected chi connectivity index (χ3v) is 5.16. The molecule has 0 saturated carbocycles. The lowest BCUT2D eigenvalue weighted by molar-refractivity contribution is 0.0518. The fraction of sp³-hybridized carbons (Fsp3) is 0.250. The lowest BCUT2D eigenvalue weighted by Crippen LogP contribution is -2.14. The molecule has 0 aliphatic carbocycles. The Hall–Kier alpha value is -4.34. The van der Waals surface area contributed by atoms with E-state index in [1.807, 2.05) is 38.1 Å². The molecule has 10 heteroatoms. The number of benzene rings is 1. The summed E-state index contributed by atoms with van der Waals surface area (Å²) in [5.41, 5.74) is 3.11. The molecule has 0 amide bonds. The minimum atomic E-state index is -0.593. The summed E-state index contributed by atoms with van der Waals surface area (Å²) in [7, 11) is 0. The van der Waals surface area contributed by atoms with Crippen molar-refractivity contribution in [2.24, 2.45) is 0 Å². The van der Waals surface area contributed by atoms with Crippen LogP contribution in [0.2, 0.25) is 0 Å². The second kappa shape index (κ2) is 9.65. The SMILES string of the molecule is CCOC(=O)c1cncnc1Nc1c(C(=O)OCC)cnn1-c1cc(C)c2cccc(C)c2n1. The summed E-state index contributed by atoms with van der Waals surface area (Å²) in [6, 6.07) is 7.85. The van der Waals surface area contributed by atoms with E-state index in [1.54, 1.807) is 13.8 Å². The molecule has 1 N–H and O–H groups in total. The van der Waals surface area contributed by atoms with Gasteiger partial charge in [0.05, 0.1) is 24.9 Å². The van der Waals surface area contributed by atoms with Crippen LogP contribution in [0.15, 0.2) is 43.0 Å². The number of pyridine rings is 1. The van der Waals surface area contributed by atoms with Gasteiger partial charge < -0.3 is 14.8 Å². The quantitative estimate of drug-likeness (QED) is 0.409. The zero-order valence-electron chi connectivity index (χ0n) is 19.3. The Balaban J connectivity index is 1.88. The fourth-order valence-electron chi connectivity index (χ4n) is 3.55. The van der Waals surface area contributed by atoms with Gasteiger partial charge in [-0.2, -0.15) is 9.78 Å². The van der Waals surface area contributed by atoms with Gasteiger partial charge in [0.25, 0.3) is 0 Å². The highest BCUT2D eigenvalue weighted by atomic mass is 16.5. The fourth-order valence-corrected chi connectivity index (χ4v) is 3.55. The van der Waals surface area contributed by atoms with Crippen molar-refractivity contribution in [3.05, 3.63) is 65.2 Å². The summed E-state index contributed by atoms with van der Waals surface area (Å²) in [6.07, 6.45) is 4.03. The predicted octanol–water partition coefficient (Wildman–Crippen LogP) is 3.92. The molecule has 0 aliphatic rings. The summed E-state index contributed by atoms with van der Waals surface area (Å²) < 4.78 is 11.8. The summed E-state index contributed by atoms with van der Waals surface area (Å²) in [4.78, 5) is 38.0. The first-order valence-electron chi connectivity index (χ1n) is 10.8. The number of carbonyl (C=O) groups excluding carboxylic acids is 2. The maximum Gasteiger partial charge on any atom is 0.343 e. The van der Waals surface area contributed by atoms with Crippen LogP contribution in [0.3, 0.4) is 0 Å². The number of nitrogens with one attached hydrogen (secondary N) is 1. The number of fused-ring (bicyclic) bond motifs is 1. The zero-order chi connectivity index (χ0) is 24.2. The molecule has 0 aliphatic heterocycles. The number of nitrogens with zero attached hydrogens (tertiary/aromatic N) is 5. The smallest absolute Gasteiger partial charge is 0.343 e. The van der Waals surface area contributed by atoms with Crippen molar-refractivity contribution >= 4 is 34.5 Å². The standard InChI is InChI=1S/C24H24N6O4/c1-5-33-23(31)17-11-25-13-26-21(17)29-22-18(24(32)34-6-2)12-27-30(22)19-10-15(4)16-9-7-8-14(3)20(16)28-19/h7-13H,5-6H2,1-4H3,(H,25,26,29). The molecular formula is C24H24N6O4. The van der Waals surface area contributed by atoms with Crippen LogP contribution in [0, 0.1) is 13.8 Å². The average Bonchev–Trinajstić information content (AvgIpc) is 3.24. The molecule has 4 rings (SSSR count). The maximum absolute atomic E-state index is 12.7. The van der Waals surface area contributed by atoms with Crippen LogP contribution >= 0.6 is 0 Å². The van der Waals surface area contributed by atoms with E-state index in [4.69, 9.17) is 14.5 Å². The molecule has 4 aromatic rings.